The van der Waals surface area contributed by atoms with E-state index in [0.29, 0.717) is 28.1 Å². The SMILES string of the molecule is CCCC(CCBr)CNC(=O)c1cccc(Cl)c1Cl. The molecule has 0 aliphatic carbocycles. The van der Waals surface area contributed by atoms with Gasteiger partial charge in [-0.1, -0.05) is 58.5 Å². The number of carbonyl (C=O) groups is 1. The third-order valence-corrected chi connectivity index (χ3v) is 4.24. The van der Waals surface area contributed by atoms with Crippen molar-refractivity contribution in [3.63, 3.8) is 0 Å². The first kappa shape index (κ1) is 16.8. The zero-order chi connectivity index (χ0) is 14.3. The molecule has 0 heterocycles. The van der Waals surface area contributed by atoms with Gasteiger partial charge in [0.2, 0.25) is 0 Å². The molecule has 1 N–H and O–H groups in total. The normalized spacial score (nSPS) is 12.2. The van der Waals surface area contributed by atoms with Crippen molar-refractivity contribution in [2.45, 2.75) is 26.2 Å². The van der Waals surface area contributed by atoms with E-state index < -0.39 is 0 Å². The van der Waals surface area contributed by atoms with Gasteiger partial charge in [0.25, 0.3) is 5.91 Å². The molecule has 0 aliphatic heterocycles. The maximum absolute atomic E-state index is 12.1. The lowest BCUT2D eigenvalue weighted by atomic mass is 10.0. The van der Waals surface area contributed by atoms with Crippen LogP contribution in [-0.2, 0) is 0 Å². The van der Waals surface area contributed by atoms with Crippen LogP contribution < -0.4 is 5.32 Å². The molecule has 1 unspecified atom stereocenters. The van der Waals surface area contributed by atoms with Gasteiger partial charge < -0.3 is 5.32 Å². The quantitative estimate of drug-likeness (QED) is 0.681. The van der Waals surface area contributed by atoms with Crippen LogP contribution in [0.5, 0.6) is 0 Å². The minimum Gasteiger partial charge on any atom is -0.352 e. The highest BCUT2D eigenvalue weighted by Crippen LogP contribution is 2.25. The summed E-state index contributed by atoms with van der Waals surface area (Å²) in [4.78, 5) is 12.1. The Morgan fingerprint density at radius 3 is 2.74 bits per heavy atom. The van der Waals surface area contributed by atoms with Gasteiger partial charge in [-0.25, -0.2) is 0 Å². The number of nitrogens with one attached hydrogen (secondary N) is 1. The Balaban J connectivity index is 2.61. The van der Waals surface area contributed by atoms with Crippen molar-refractivity contribution in [2.75, 3.05) is 11.9 Å². The molecule has 0 bridgehead atoms. The Morgan fingerprint density at radius 2 is 2.11 bits per heavy atom. The van der Waals surface area contributed by atoms with Crippen molar-refractivity contribution in [1.29, 1.82) is 0 Å². The van der Waals surface area contributed by atoms with Crippen molar-refractivity contribution >= 4 is 45.0 Å². The van der Waals surface area contributed by atoms with Crippen LogP contribution in [0.4, 0.5) is 0 Å². The van der Waals surface area contributed by atoms with Crippen LogP contribution in [0, 0.1) is 5.92 Å². The van der Waals surface area contributed by atoms with Gasteiger partial charge in [-0.3, -0.25) is 4.79 Å². The van der Waals surface area contributed by atoms with Gasteiger partial charge in [0.15, 0.2) is 0 Å². The van der Waals surface area contributed by atoms with E-state index in [1.807, 2.05) is 0 Å². The number of benzene rings is 1. The van der Waals surface area contributed by atoms with Crippen LogP contribution in [0.15, 0.2) is 18.2 Å². The smallest absolute Gasteiger partial charge is 0.252 e. The molecule has 1 aromatic carbocycles. The molecule has 0 aliphatic rings. The average molecular weight is 367 g/mol. The molecule has 1 rings (SSSR count). The molecule has 1 atom stereocenters. The first-order chi connectivity index (χ1) is 9.10. The summed E-state index contributed by atoms with van der Waals surface area (Å²) in [6, 6.07) is 5.08. The number of hydrogen-bond acceptors (Lipinski definition) is 1. The number of carbonyl (C=O) groups excluding carboxylic acids is 1. The predicted molar refractivity (Wildman–Crippen MR) is 85.6 cm³/mol. The molecule has 19 heavy (non-hydrogen) atoms. The van der Waals surface area contributed by atoms with Gasteiger partial charge in [-0.15, -0.1) is 0 Å². The van der Waals surface area contributed by atoms with E-state index in [4.69, 9.17) is 23.2 Å². The van der Waals surface area contributed by atoms with Crippen molar-refractivity contribution < 1.29 is 4.79 Å². The Labute approximate surface area is 133 Å². The molecule has 0 spiro atoms. The molecule has 0 saturated carbocycles. The summed E-state index contributed by atoms with van der Waals surface area (Å²) in [6.45, 7) is 2.82. The maximum atomic E-state index is 12.1. The fourth-order valence-electron chi connectivity index (χ4n) is 1.92. The first-order valence-corrected chi connectivity index (χ1v) is 8.26. The first-order valence-electron chi connectivity index (χ1n) is 6.38. The molecule has 1 aromatic rings. The molecule has 2 nitrogen and oxygen atoms in total. The molecule has 5 heteroatoms. The highest BCUT2D eigenvalue weighted by Gasteiger charge is 2.14. The number of amides is 1. The largest absolute Gasteiger partial charge is 0.352 e. The van der Waals surface area contributed by atoms with E-state index in [-0.39, 0.29) is 5.91 Å². The van der Waals surface area contributed by atoms with Gasteiger partial charge in [-0.2, -0.15) is 0 Å². The minimum absolute atomic E-state index is 0.164. The topological polar surface area (TPSA) is 29.1 Å². The van der Waals surface area contributed by atoms with E-state index in [1.165, 1.54) is 0 Å². The molecule has 0 radical (unpaired) electrons. The molecule has 1 amide bonds. The van der Waals surface area contributed by atoms with Gasteiger partial charge >= 0.3 is 0 Å². The summed E-state index contributed by atoms with van der Waals surface area (Å²) in [5, 5.41) is 4.60. The lowest BCUT2D eigenvalue weighted by Gasteiger charge is -2.16. The predicted octanol–water partition coefficient (Wildman–Crippen LogP) is 4.92. The van der Waals surface area contributed by atoms with Crippen LogP contribution >= 0.6 is 39.1 Å². The second-order valence-corrected chi connectivity index (χ2v) is 6.02. The monoisotopic (exact) mass is 365 g/mol. The standard InChI is InChI=1S/C14H18BrCl2NO/c1-2-4-10(7-8-15)9-18-14(19)11-5-3-6-12(16)13(11)17/h3,5-6,10H,2,4,7-9H2,1H3,(H,18,19). The minimum atomic E-state index is -0.164. The van der Waals surface area contributed by atoms with E-state index in [9.17, 15) is 4.79 Å². The van der Waals surface area contributed by atoms with Crippen molar-refractivity contribution in [3.8, 4) is 0 Å². The summed E-state index contributed by atoms with van der Waals surface area (Å²) >= 11 is 15.4. The van der Waals surface area contributed by atoms with Gasteiger partial charge in [-0.05, 0) is 30.9 Å². The van der Waals surface area contributed by atoms with Crippen LogP contribution in [0.3, 0.4) is 0 Å². The summed E-state index contributed by atoms with van der Waals surface area (Å²) in [5.41, 5.74) is 0.434. The molecule has 0 aromatic heterocycles. The zero-order valence-corrected chi connectivity index (χ0v) is 14.0. The number of alkyl halides is 1. The molecule has 0 saturated heterocycles. The van der Waals surface area contributed by atoms with Crippen molar-refractivity contribution in [3.05, 3.63) is 33.8 Å². The van der Waals surface area contributed by atoms with Gasteiger partial charge in [0.05, 0.1) is 15.6 Å². The number of hydrogen-bond donors (Lipinski definition) is 1. The summed E-state index contributed by atoms with van der Waals surface area (Å²) in [6.07, 6.45) is 3.28. The zero-order valence-electron chi connectivity index (χ0n) is 10.9. The fraction of sp³-hybridized carbons (Fsp3) is 0.500. The number of halogens is 3. The molecular weight excluding hydrogens is 349 g/mol. The lowest BCUT2D eigenvalue weighted by Crippen LogP contribution is -2.29. The van der Waals surface area contributed by atoms with Crippen LogP contribution in [0.1, 0.15) is 36.5 Å². The van der Waals surface area contributed by atoms with E-state index in [1.54, 1.807) is 18.2 Å². The van der Waals surface area contributed by atoms with E-state index >= 15 is 0 Å². The fourth-order valence-corrected chi connectivity index (χ4v) is 2.96. The van der Waals surface area contributed by atoms with E-state index in [0.717, 1.165) is 24.6 Å². The molecular formula is C14H18BrCl2NO. The van der Waals surface area contributed by atoms with Crippen LogP contribution in [-0.4, -0.2) is 17.8 Å². The Morgan fingerprint density at radius 1 is 1.37 bits per heavy atom. The Bertz CT molecular complexity index is 420. The molecule has 106 valence electrons. The molecule has 0 fully saturated rings. The Kier molecular flexibility index (Phi) is 7.81. The van der Waals surface area contributed by atoms with Crippen LogP contribution in [0.25, 0.3) is 0 Å². The van der Waals surface area contributed by atoms with Gasteiger partial charge in [0, 0.05) is 11.9 Å². The second kappa shape index (κ2) is 8.83. The highest BCUT2D eigenvalue weighted by molar-refractivity contribution is 9.09. The maximum Gasteiger partial charge on any atom is 0.252 e. The second-order valence-electron chi connectivity index (χ2n) is 4.44. The summed E-state index contributed by atoms with van der Waals surface area (Å²) in [5.74, 6) is 0.328. The number of rotatable bonds is 7. The third-order valence-electron chi connectivity index (χ3n) is 2.96. The van der Waals surface area contributed by atoms with Crippen molar-refractivity contribution in [1.82, 2.24) is 5.32 Å². The lowest BCUT2D eigenvalue weighted by molar-refractivity contribution is 0.0946. The third kappa shape index (κ3) is 5.33. The Hall–Kier alpha value is -0.250. The van der Waals surface area contributed by atoms with E-state index in [2.05, 4.69) is 28.2 Å². The van der Waals surface area contributed by atoms with Crippen molar-refractivity contribution in [2.24, 2.45) is 5.92 Å². The summed E-state index contributed by atoms with van der Waals surface area (Å²) < 4.78 is 0. The average Bonchev–Trinajstić information content (AvgIpc) is 2.39. The summed E-state index contributed by atoms with van der Waals surface area (Å²) in [7, 11) is 0. The highest BCUT2D eigenvalue weighted by atomic mass is 79.9. The van der Waals surface area contributed by atoms with Gasteiger partial charge in [0.1, 0.15) is 0 Å². The van der Waals surface area contributed by atoms with Crippen LogP contribution in [0.2, 0.25) is 10.0 Å².